The molecule has 2 aromatic carbocycles. The first-order valence-corrected chi connectivity index (χ1v) is 7.71. The second-order valence-electron chi connectivity index (χ2n) is 5.29. The number of benzene rings is 2. The Labute approximate surface area is 147 Å². The number of hydrogen-bond acceptors (Lipinski definition) is 5. The zero-order valence-electron chi connectivity index (χ0n) is 15.1. The highest BCUT2D eigenvalue weighted by atomic mass is 16.5. The third kappa shape index (κ3) is 3.94. The van der Waals surface area contributed by atoms with Gasteiger partial charge in [-0.15, -0.1) is 0 Å². The van der Waals surface area contributed by atoms with Gasteiger partial charge in [0.1, 0.15) is 28.6 Å². The Balaban J connectivity index is 2.40. The highest BCUT2D eigenvalue weighted by Crippen LogP contribution is 2.39. The van der Waals surface area contributed by atoms with Gasteiger partial charge in [0.2, 0.25) is 0 Å². The van der Waals surface area contributed by atoms with E-state index >= 15 is 0 Å². The van der Waals surface area contributed by atoms with Crippen molar-refractivity contribution in [2.24, 2.45) is 0 Å². The van der Waals surface area contributed by atoms with Crippen molar-refractivity contribution >= 4 is 11.9 Å². The van der Waals surface area contributed by atoms with E-state index in [0.29, 0.717) is 22.8 Å². The molecule has 132 valence electrons. The molecule has 2 rings (SSSR count). The molecule has 0 fully saturated rings. The maximum Gasteiger partial charge on any atom is 0.193 e. The van der Waals surface area contributed by atoms with Gasteiger partial charge >= 0.3 is 0 Å². The van der Waals surface area contributed by atoms with Crippen LogP contribution in [0.2, 0.25) is 0 Å². The first-order valence-electron chi connectivity index (χ1n) is 7.71. The molecule has 25 heavy (non-hydrogen) atoms. The van der Waals surface area contributed by atoms with Crippen LogP contribution in [0.5, 0.6) is 23.0 Å². The number of methoxy groups -OCH3 is 4. The number of rotatable bonds is 7. The van der Waals surface area contributed by atoms with Gasteiger partial charge in [0.25, 0.3) is 0 Å². The minimum absolute atomic E-state index is 0.213. The van der Waals surface area contributed by atoms with Crippen LogP contribution in [0.25, 0.3) is 6.08 Å². The lowest BCUT2D eigenvalue weighted by Gasteiger charge is -2.16. The second kappa shape index (κ2) is 8.24. The van der Waals surface area contributed by atoms with Gasteiger partial charge in [0.05, 0.1) is 28.4 Å². The molecule has 0 aliphatic carbocycles. The van der Waals surface area contributed by atoms with Gasteiger partial charge in [-0.3, -0.25) is 4.79 Å². The Kier molecular flexibility index (Phi) is 6.06. The fourth-order valence-electron chi connectivity index (χ4n) is 2.54. The summed E-state index contributed by atoms with van der Waals surface area (Å²) in [5, 5.41) is 0. The fraction of sp³-hybridized carbons (Fsp3) is 0.250. The standard InChI is InChI=1S/C20H22O5/c1-13-17(23-3)12-18(24-4)19(20(13)25-5)16(21)11-8-14-6-9-15(22-2)10-7-14/h6-12H,1-5H3. The van der Waals surface area contributed by atoms with Crippen molar-refractivity contribution in [1.82, 2.24) is 0 Å². The minimum Gasteiger partial charge on any atom is -0.497 e. The molecule has 5 nitrogen and oxygen atoms in total. The molecule has 0 aromatic heterocycles. The quantitative estimate of drug-likeness (QED) is 0.564. The van der Waals surface area contributed by atoms with Gasteiger partial charge in [-0.2, -0.15) is 0 Å². The predicted octanol–water partition coefficient (Wildman–Crippen LogP) is 3.93. The van der Waals surface area contributed by atoms with Crippen LogP contribution in [0.4, 0.5) is 0 Å². The van der Waals surface area contributed by atoms with Crippen LogP contribution in [0.3, 0.4) is 0 Å². The number of ether oxygens (including phenoxy) is 4. The topological polar surface area (TPSA) is 54.0 Å². The van der Waals surface area contributed by atoms with Crippen LogP contribution in [-0.2, 0) is 0 Å². The SMILES string of the molecule is COc1ccc(C=CC(=O)c2c(OC)cc(OC)c(C)c2OC)cc1. The first kappa shape index (κ1) is 18.4. The van der Waals surface area contributed by atoms with Crippen molar-refractivity contribution in [3.8, 4) is 23.0 Å². The van der Waals surface area contributed by atoms with Crippen molar-refractivity contribution in [1.29, 1.82) is 0 Å². The van der Waals surface area contributed by atoms with Crippen LogP contribution >= 0.6 is 0 Å². The molecule has 0 unspecified atom stereocenters. The fourth-order valence-corrected chi connectivity index (χ4v) is 2.54. The third-order valence-corrected chi connectivity index (χ3v) is 3.88. The van der Waals surface area contributed by atoms with Crippen molar-refractivity contribution in [3.05, 3.63) is 53.1 Å². The highest BCUT2D eigenvalue weighted by molar-refractivity contribution is 6.11. The Morgan fingerprint density at radius 3 is 2.04 bits per heavy atom. The van der Waals surface area contributed by atoms with E-state index in [4.69, 9.17) is 18.9 Å². The largest absolute Gasteiger partial charge is 0.497 e. The number of carbonyl (C=O) groups is 1. The van der Waals surface area contributed by atoms with Crippen LogP contribution in [0, 0.1) is 6.92 Å². The molecule has 0 amide bonds. The Morgan fingerprint density at radius 2 is 1.52 bits per heavy atom. The average Bonchev–Trinajstić information content (AvgIpc) is 2.65. The Morgan fingerprint density at radius 1 is 0.880 bits per heavy atom. The summed E-state index contributed by atoms with van der Waals surface area (Å²) < 4.78 is 21.2. The lowest BCUT2D eigenvalue weighted by molar-refractivity contribution is 0.104. The second-order valence-corrected chi connectivity index (χ2v) is 5.29. The van der Waals surface area contributed by atoms with E-state index in [1.165, 1.54) is 20.3 Å². The van der Waals surface area contributed by atoms with E-state index in [0.717, 1.165) is 16.9 Å². The Bertz CT molecular complexity index is 776. The van der Waals surface area contributed by atoms with E-state index < -0.39 is 0 Å². The molecule has 0 bridgehead atoms. The van der Waals surface area contributed by atoms with Crippen molar-refractivity contribution in [2.45, 2.75) is 6.92 Å². The molecule has 0 saturated carbocycles. The van der Waals surface area contributed by atoms with E-state index in [2.05, 4.69) is 0 Å². The van der Waals surface area contributed by atoms with Gasteiger partial charge in [-0.1, -0.05) is 18.2 Å². The summed E-state index contributed by atoms with van der Waals surface area (Å²) in [6, 6.07) is 9.10. The molecule has 0 aliphatic heterocycles. The van der Waals surface area contributed by atoms with E-state index in [1.54, 1.807) is 26.4 Å². The molecule has 0 heterocycles. The highest BCUT2D eigenvalue weighted by Gasteiger charge is 2.22. The maximum atomic E-state index is 12.7. The molecule has 0 spiro atoms. The summed E-state index contributed by atoms with van der Waals surface area (Å²) in [4.78, 5) is 12.7. The van der Waals surface area contributed by atoms with Crippen LogP contribution < -0.4 is 18.9 Å². The van der Waals surface area contributed by atoms with Crippen LogP contribution in [-0.4, -0.2) is 34.2 Å². The van der Waals surface area contributed by atoms with Gasteiger partial charge in [0, 0.05) is 11.6 Å². The van der Waals surface area contributed by atoms with Gasteiger partial charge in [-0.25, -0.2) is 0 Å². The molecule has 0 N–H and O–H groups in total. The minimum atomic E-state index is -0.213. The number of carbonyl (C=O) groups excluding carboxylic acids is 1. The molecular formula is C20H22O5. The van der Waals surface area contributed by atoms with E-state index in [9.17, 15) is 4.79 Å². The predicted molar refractivity (Wildman–Crippen MR) is 97.2 cm³/mol. The molecule has 0 saturated heterocycles. The summed E-state index contributed by atoms with van der Waals surface area (Å²) in [5.74, 6) is 2.00. The van der Waals surface area contributed by atoms with Crippen molar-refractivity contribution in [3.63, 3.8) is 0 Å². The maximum absolute atomic E-state index is 12.7. The van der Waals surface area contributed by atoms with Crippen LogP contribution in [0.15, 0.2) is 36.4 Å². The van der Waals surface area contributed by atoms with E-state index in [-0.39, 0.29) is 5.78 Å². The van der Waals surface area contributed by atoms with Crippen LogP contribution in [0.1, 0.15) is 21.5 Å². The Hall–Kier alpha value is -2.95. The molecule has 0 aliphatic rings. The lowest BCUT2D eigenvalue weighted by atomic mass is 10.0. The number of allylic oxidation sites excluding steroid dienone is 1. The molecule has 2 aromatic rings. The lowest BCUT2D eigenvalue weighted by Crippen LogP contribution is -2.05. The average molecular weight is 342 g/mol. The summed E-state index contributed by atoms with van der Waals surface area (Å²) in [5.41, 5.74) is 2.00. The first-order chi connectivity index (χ1) is 12.0. The number of ketones is 1. The summed E-state index contributed by atoms with van der Waals surface area (Å²) in [6.45, 7) is 1.83. The zero-order chi connectivity index (χ0) is 18.4. The normalized spacial score (nSPS) is 10.6. The summed E-state index contributed by atoms with van der Waals surface area (Å²) in [6.07, 6.45) is 3.23. The molecule has 0 radical (unpaired) electrons. The van der Waals surface area contributed by atoms with Crippen molar-refractivity contribution in [2.75, 3.05) is 28.4 Å². The monoisotopic (exact) mass is 342 g/mol. The van der Waals surface area contributed by atoms with Crippen molar-refractivity contribution < 1.29 is 23.7 Å². The molecule has 5 heteroatoms. The summed E-state index contributed by atoms with van der Waals surface area (Å²) in [7, 11) is 6.20. The smallest absolute Gasteiger partial charge is 0.193 e. The summed E-state index contributed by atoms with van der Waals surface area (Å²) >= 11 is 0. The van der Waals surface area contributed by atoms with Gasteiger partial charge in [0.15, 0.2) is 5.78 Å². The zero-order valence-corrected chi connectivity index (χ0v) is 15.1. The molecular weight excluding hydrogens is 320 g/mol. The molecule has 0 atom stereocenters. The van der Waals surface area contributed by atoms with E-state index in [1.807, 2.05) is 31.2 Å². The number of hydrogen-bond donors (Lipinski definition) is 0. The van der Waals surface area contributed by atoms with Gasteiger partial charge < -0.3 is 18.9 Å². The van der Waals surface area contributed by atoms with Gasteiger partial charge in [-0.05, 0) is 30.7 Å². The third-order valence-electron chi connectivity index (χ3n) is 3.88.